The first-order valence-electron chi connectivity index (χ1n) is 9.80. The summed E-state index contributed by atoms with van der Waals surface area (Å²) in [5.41, 5.74) is 0.132. The van der Waals surface area contributed by atoms with Gasteiger partial charge in [-0.1, -0.05) is 30.3 Å². The van der Waals surface area contributed by atoms with Crippen molar-refractivity contribution in [1.82, 2.24) is 10.2 Å². The first-order chi connectivity index (χ1) is 13.7. The predicted molar refractivity (Wildman–Crippen MR) is 106 cm³/mol. The Bertz CT molecular complexity index is 680. The molecule has 1 atom stereocenters. The molecule has 0 aromatic heterocycles. The highest BCUT2D eigenvalue weighted by molar-refractivity contribution is 5.83. The van der Waals surface area contributed by atoms with Gasteiger partial charge in [0.15, 0.2) is 0 Å². The summed E-state index contributed by atoms with van der Waals surface area (Å²) in [5.74, 6) is -0.686. The Morgan fingerprint density at radius 3 is 2.41 bits per heavy atom. The molecule has 1 aliphatic rings. The van der Waals surface area contributed by atoms with Crippen LogP contribution in [0.4, 0.5) is 4.79 Å². The summed E-state index contributed by atoms with van der Waals surface area (Å²) in [5, 5.41) is 2.54. The zero-order valence-corrected chi connectivity index (χ0v) is 17.3. The van der Waals surface area contributed by atoms with Gasteiger partial charge in [0.05, 0.1) is 13.2 Å². The SMILES string of the molecule is CC(C)(C)OC(=O)N[C@@H](CCC(=O)N1CCOCC1)C(=O)OCc1ccccc1. The second-order valence-electron chi connectivity index (χ2n) is 7.82. The van der Waals surface area contributed by atoms with E-state index in [1.165, 1.54) is 0 Å². The van der Waals surface area contributed by atoms with Crippen molar-refractivity contribution in [1.29, 1.82) is 0 Å². The molecule has 0 bridgehead atoms. The molecule has 160 valence electrons. The maximum atomic E-state index is 12.6. The number of carbonyl (C=O) groups is 3. The van der Waals surface area contributed by atoms with E-state index in [9.17, 15) is 14.4 Å². The van der Waals surface area contributed by atoms with Crippen LogP contribution in [0.2, 0.25) is 0 Å². The predicted octanol–water partition coefficient (Wildman–Crippen LogP) is 2.26. The minimum atomic E-state index is -0.974. The number of rotatable bonds is 7. The fraction of sp³-hybridized carbons (Fsp3) is 0.571. The van der Waals surface area contributed by atoms with Crippen molar-refractivity contribution in [3.63, 3.8) is 0 Å². The van der Waals surface area contributed by atoms with Crippen molar-refractivity contribution >= 4 is 18.0 Å². The number of amides is 2. The average Bonchev–Trinajstić information content (AvgIpc) is 2.69. The molecular weight excluding hydrogens is 376 g/mol. The molecule has 8 heteroatoms. The van der Waals surface area contributed by atoms with Crippen LogP contribution in [0, 0.1) is 0 Å². The van der Waals surface area contributed by atoms with E-state index in [2.05, 4.69) is 5.32 Å². The summed E-state index contributed by atoms with van der Waals surface area (Å²) in [6, 6.07) is 8.27. The molecule has 1 heterocycles. The van der Waals surface area contributed by atoms with Crippen molar-refractivity contribution in [2.24, 2.45) is 0 Å². The Kier molecular flexibility index (Phi) is 8.45. The van der Waals surface area contributed by atoms with Crippen molar-refractivity contribution in [2.45, 2.75) is 51.9 Å². The highest BCUT2D eigenvalue weighted by atomic mass is 16.6. The summed E-state index contributed by atoms with van der Waals surface area (Å²) in [6.45, 7) is 7.35. The molecule has 1 N–H and O–H groups in total. The summed E-state index contributed by atoms with van der Waals surface area (Å²) in [7, 11) is 0. The van der Waals surface area contributed by atoms with E-state index in [4.69, 9.17) is 14.2 Å². The van der Waals surface area contributed by atoms with Gasteiger partial charge in [-0.3, -0.25) is 4.79 Å². The smallest absolute Gasteiger partial charge is 0.408 e. The average molecular weight is 406 g/mol. The fourth-order valence-corrected chi connectivity index (χ4v) is 2.77. The topological polar surface area (TPSA) is 94.2 Å². The number of alkyl carbamates (subject to hydrolysis) is 1. The first kappa shape index (κ1) is 22.7. The molecule has 0 spiro atoms. The van der Waals surface area contributed by atoms with Crippen LogP contribution in [0.3, 0.4) is 0 Å². The lowest BCUT2D eigenvalue weighted by molar-refractivity contribution is -0.148. The van der Waals surface area contributed by atoms with Gasteiger partial charge in [0.2, 0.25) is 5.91 Å². The zero-order chi connectivity index (χ0) is 21.3. The third-order valence-corrected chi connectivity index (χ3v) is 4.21. The van der Waals surface area contributed by atoms with Crippen molar-refractivity contribution in [3.8, 4) is 0 Å². The Morgan fingerprint density at radius 2 is 1.79 bits per heavy atom. The van der Waals surface area contributed by atoms with Crippen LogP contribution in [-0.2, 0) is 30.4 Å². The third-order valence-electron chi connectivity index (χ3n) is 4.21. The first-order valence-corrected chi connectivity index (χ1v) is 9.80. The summed E-state index contributed by atoms with van der Waals surface area (Å²) in [6.07, 6.45) is -0.484. The monoisotopic (exact) mass is 406 g/mol. The standard InChI is InChI=1S/C21H30N2O6/c1-21(2,3)29-20(26)22-17(9-10-18(24)23-11-13-27-14-12-23)19(25)28-15-16-7-5-4-6-8-16/h4-8,17H,9-15H2,1-3H3,(H,22,26)/t17-/m0/s1. The van der Waals surface area contributed by atoms with Crippen LogP contribution in [0.5, 0.6) is 0 Å². The number of ether oxygens (including phenoxy) is 3. The number of hydrogen-bond donors (Lipinski definition) is 1. The summed E-state index contributed by atoms with van der Waals surface area (Å²) < 4.78 is 15.8. The number of benzene rings is 1. The molecule has 29 heavy (non-hydrogen) atoms. The van der Waals surface area contributed by atoms with Gasteiger partial charge >= 0.3 is 12.1 Å². The zero-order valence-electron chi connectivity index (χ0n) is 17.3. The Morgan fingerprint density at radius 1 is 1.14 bits per heavy atom. The van der Waals surface area contributed by atoms with Gasteiger partial charge < -0.3 is 24.4 Å². The summed E-state index contributed by atoms with van der Waals surface area (Å²) in [4.78, 5) is 38.8. The number of morpholine rings is 1. The maximum Gasteiger partial charge on any atom is 0.408 e. The van der Waals surface area contributed by atoms with E-state index in [0.717, 1.165) is 5.56 Å². The number of hydrogen-bond acceptors (Lipinski definition) is 6. The lowest BCUT2D eigenvalue weighted by atomic mass is 10.1. The molecule has 0 aliphatic carbocycles. The van der Waals surface area contributed by atoms with E-state index in [0.29, 0.717) is 26.3 Å². The molecule has 2 rings (SSSR count). The quantitative estimate of drug-likeness (QED) is 0.698. The molecule has 1 aromatic rings. The molecule has 8 nitrogen and oxygen atoms in total. The molecule has 0 unspecified atom stereocenters. The Balaban J connectivity index is 1.94. The summed E-state index contributed by atoms with van der Waals surface area (Å²) >= 11 is 0. The van der Waals surface area contributed by atoms with Crippen LogP contribution in [0.15, 0.2) is 30.3 Å². The van der Waals surface area contributed by atoms with E-state index < -0.39 is 23.7 Å². The minimum absolute atomic E-state index is 0.0832. The van der Waals surface area contributed by atoms with E-state index >= 15 is 0 Å². The van der Waals surface area contributed by atoms with Gasteiger partial charge in [-0.05, 0) is 32.8 Å². The van der Waals surface area contributed by atoms with E-state index in [1.807, 2.05) is 30.3 Å². The van der Waals surface area contributed by atoms with Gasteiger partial charge in [-0.15, -0.1) is 0 Å². The number of nitrogens with one attached hydrogen (secondary N) is 1. The van der Waals surface area contributed by atoms with Crippen LogP contribution < -0.4 is 5.32 Å². The third kappa shape index (κ3) is 8.51. The van der Waals surface area contributed by atoms with E-state index in [1.54, 1.807) is 25.7 Å². The molecular formula is C21H30N2O6. The highest BCUT2D eigenvalue weighted by Crippen LogP contribution is 2.11. The molecule has 1 saturated heterocycles. The molecule has 1 aromatic carbocycles. The van der Waals surface area contributed by atoms with Gasteiger partial charge in [0.1, 0.15) is 18.2 Å². The van der Waals surface area contributed by atoms with E-state index in [-0.39, 0.29) is 25.4 Å². The lowest BCUT2D eigenvalue weighted by Gasteiger charge is -2.27. The number of carbonyl (C=O) groups excluding carboxylic acids is 3. The minimum Gasteiger partial charge on any atom is -0.459 e. The van der Waals surface area contributed by atoms with Crippen LogP contribution in [0.25, 0.3) is 0 Å². The molecule has 1 aliphatic heterocycles. The lowest BCUT2D eigenvalue weighted by Crippen LogP contribution is -2.45. The second-order valence-corrected chi connectivity index (χ2v) is 7.82. The van der Waals surface area contributed by atoms with Gasteiger partial charge in [-0.2, -0.15) is 0 Å². The Labute approximate surface area is 171 Å². The van der Waals surface area contributed by atoms with Gasteiger partial charge in [0, 0.05) is 19.5 Å². The van der Waals surface area contributed by atoms with Gasteiger partial charge in [-0.25, -0.2) is 9.59 Å². The molecule has 2 amide bonds. The van der Waals surface area contributed by atoms with Crippen molar-refractivity contribution < 1.29 is 28.6 Å². The van der Waals surface area contributed by atoms with Gasteiger partial charge in [0.25, 0.3) is 0 Å². The van der Waals surface area contributed by atoms with Crippen LogP contribution in [-0.4, -0.2) is 60.8 Å². The second kappa shape index (κ2) is 10.8. The fourth-order valence-electron chi connectivity index (χ4n) is 2.77. The largest absolute Gasteiger partial charge is 0.459 e. The number of nitrogens with zero attached hydrogens (tertiary/aromatic N) is 1. The normalized spacial score (nSPS) is 15.3. The maximum absolute atomic E-state index is 12.6. The van der Waals surface area contributed by atoms with Crippen molar-refractivity contribution in [2.75, 3.05) is 26.3 Å². The molecule has 1 fully saturated rings. The van der Waals surface area contributed by atoms with Crippen LogP contribution >= 0.6 is 0 Å². The molecule has 0 saturated carbocycles. The Hall–Kier alpha value is -2.61. The number of esters is 1. The van der Waals surface area contributed by atoms with Crippen molar-refractivity contribution in [3.05, 3.63) is 35.9 Å². The van der Waals surface area contributed by atoms with Crippen LogP contribution in [0.1, 0.15) is 39.2 Å². The molecule has 0 radical (unpaired) electrons. The highest BCUT2D eigenvalue weighted by Gasteiger charge is 2.27.